The van der Waals surface area contributed by atoms with Crippen LogP contribution in [0.5, 0.6) is 0 Å². The van der Waals surface area contributed by atoms with Crippen LogP contribution in [-0.2, 0) is 14.3 Å². The Morgan fingerprint density at radius 3 is 2.20 bits per heavy atom. The van der Waals surface area contributed by atoms with Crippen LogP contribution in [-0.4, -0.2) is 67.7 Å². The molecule has 2 rings (SSSR count). The molecule has 0 fully saturated rings. The molecule has 0 saturated carbocycles. The van der Waals surface area contributed by atoms with Crippen molar-refractivity contribution < 1.29 is 29.1 Å². The van der Waals surface area contributed by atoms with Crippen molar-refractivity contribution in [2.24, 2.45) is 0 Å². The van der Waals surface area contributed by atoms with Gasteiger partial charge < -0.3 is 20.3 Å². The normalized spacial score (nSPS) is 11.2. The molecule has 10 nitrogen and oxygen atoms in total. The third kappa shape index (κ3) is 8.95. The number of hydrogen-bond acceptors (Lipinski definition) is 8. The van der Waals surface area contributed by atoms with Crippen molar-refractivity contribution >= 4 is 46.8 Å². The zero-order valence-corrected chi connectivity index (χ0v) is 20.7. The fraction of sp³-hybridized carbons (Fsp3) is 0.333. The maximum atomic E-state index is 13.0. The van der Waals surface area contributed by atoms with Crippen molar-refractivity contribution in [3.63, 3.8) is 0 Å². The highest BCUT2D eigenvalue weighted by Gasteiger charge is 2.22. The molecule has 1 atom stereocenters. The summed E-state index contributed by atoms with van der Waals surface area (Å²) in [5.74, 6) is -0.956. The quantitative estimate of drug-likeness (QED) is 0.150. The van der Waals surface area contributed by atoms with Crippen molar-refractivity contribution in [1.29, 1.82) is 0 Å². The smallest absolute Gasteiger partial charge is 0.337 e. The van der Waals surface area contributed by atoms with Crippen LogP contribution in [0.4, 0.5) is 11.4 Å². The Morgan fingerprint density at radius 2 is 1.63 bits per heavy atom. The van der Waals surface area contributed by atoms with Crippen molar-refractivity contribution in [2.75, 3.05) is 42.9 Å². The van der Waals surface area contributed by atoms with Crippen molar-refractivity contribution in [3.8, 4) is 0 Å². The van der Waals surface area contributed by atoms with E-state index in [9.17, 15) is 19.2 Å². The lowest BCUT2D eigenvalue weighted by Crippen LogP contribution is -2.45. The van der Waals surface area contributed by atoms with Crippen LogP contribution in [0.15, 0.2) is 48.5 Å². The molecule has 11 heteroatoms. The van der Waals surface area contributed by atoms with E-state index in [0.29, 0.717) is 29.0 Å². The highest BCUT2D eigenvalue weighted by Crippen LogP contribution is 2.15. The number of hydrogen-bond donors (Lipinski definition) is 4. The van der Waals surface area contributed by atoms with Gasteiger partial charge in [-0.2, -0.15) is 11.8 Å². The van der Waals surface area contributed by atoms with Crippen LogP contribution in [0.3, 0.4) is 0 Å². The minimum atomic E-state index is -0.854. The van der Waals surface area contributed by atoms with Gasteiger partial charge in [-0.05, 0) is 60.7 Å². The lowest BCUT2D eigenvalue weighted by molar-refractivity contribution is -0.129. The Morgan fingerprint density at radius 1 is 1.00 bits per heavy atom. The van der Waals surface area contributed by atoms with E-state index in [1.807, 2.05) is 31.1 Å². The first-order valence-electron chi connectivity index (χ1n) is 10.8. The largest absolute Gasteiger partial charge is 0.465 e. The number of benzene rings is 2. The number of methoxy groups -OCH3 is 1. The van der Waals surface area contributed by atoms with Gasteiger partial charge in [0.05, 0.1) is 12.7 Å². The van der Waals surface area contributed by atoms with E-state index >= 15 is 0 Å². The Labute approximate surface area is 208 Å². The molecule has 0 spiro atoms. The zero-order valence-electron chi connectivity index (χ0n) is 19.9. The molecule has 0 unspecified atom stereocenters. The summed E-state index contributed by atoms with van der Waals surface area (Å²) >= 11 is 1.40. The van der Waals surface area contributed by atoms with Crippen LogP contribution in [0.1, 0.15) is 33.6 Å². The molecule has 35 heavy (non-hydrogen) atoms. The van der Waals surface area contributed by atoms with Crippen molar-refractivity contribution in [2.45, 2.75) is 18.9 Å². The molecule has 0 bridgehead atoms. The van der Waals surface area contributed by atoms with Gasteiger partial charge in [-0.1, -0.05) is 0 Å². The predicted molar refractivity (Wildman–Crippen MR) is 135 cm³/mol. The van der Waals surface area contributed by atoms with E-state index in [4.69, 9.17) is 5.21 Å². The summed E-state index contributed by atoms with van der Waals surface area (Å²) in [5.41, 5.74) is 3.74. The summed E-state index contributed by atoms with van der Waals surface area (Å²) in [4.78, 5) is 50.5. The van der Waals surface area contributed by atoms with E-state index in [2.05, 4.69) is 15.4 Å². The Bertz CT molecular complexity index is 1010. The Kier molecular flexibility index (Phi) is 11.0. The molecule has 0 aliphatic carbocycles. The monoisotopic (exact) mass is 502 g/mol. The summed E-state index contributed by atoms with van der Waals surface area (Å²) < 4.78 is 4.67. The number of rotatable bonds is 12. The van der Waals surface area contributed by atoms with Crippen LogP contribution in [0.25, 0.3) is 0 Å². The van der Waals surface area contributed by atoms with Gasteiger partial charge in [-0.15, -0.1) is 0 Å². The van der Waals surface area contributed by atoms with Crippen LogP contribution < -0.4 is 21.0 Å². The molecular weight excluding hydrogens is 472 g/mol. The van der Waals surface area contributed by atoms with Crippen molar-refractivity contribution in [1.82, 2.24) is 10.8 Å². The molecular formula is C24H30N4O6S. The number of carbonyl (C=O) groups excluding carboxylic acids is 4. The second-order valence-electron chi connectivity index (χ2n) is 7.74. The molecule has 2 aromatic carbocycles. The predicted octanol–water partition coefficient (Wildman–Crippen LogP) is 2.30. The number of esters is 1. The molecule has 3 amide bonds. The summed E-state index contributed by atoms with van der Waals surface area (Å²) in [6.45, 7) is 0. The van der Waals surface area contributed by atoms with E-state index in [-0.39, 0.29) is 12.2 Å². The zero-order chi connectivity index (χ0) is 25.8. The van der Waals surface area contributed by atoms with E-state index < -0.39 is 29.7 Å². The fourth-order valence-corrected chi connectivity index (χ4v) is 3.95. The second-order valence-corrected chi connectivity index (χ2v) is 8.89. The number of nitrogens with one attached hydrogen (secondary N) is 3. The van der Waals surface area contributed by atoms with E-state index in [0.717, 1.165) is 5.69 Å². The van der Waals surface area contributed by atoms with E-state index in [1.165, 1.54) is 31.0 Å². The molecule has 0 radical (unpaired) electrons. The third-order valence-electron chi connectivity index (χ3n) is 4.94. The molecule has 0 aliphatic rings. The van der Waals surface area contributed by atoms with Gasteiger partial charge in [0.2, 0.25) is 11.8 Å². The Hall–Kier alpha value is -3.57. The second kappa shape index (κ2) is 14.0. The average molecular weight is 503 g/mol. The standard InChI is InChI=1S/C24H30N4O6S/c1-28(2)19-12-8-16(9-13-19)22(30)26-20(15-35-14-4-5-21(29)27-33)23(31)25-18-10-6-17(7-11-18)24(32)34-3/h6-13,20,33H,4-5,14-15H2,1-3H3,(H,25,31)(H,26,30)(H,27,29)/t20-/m0/s1. The van der Waals surface area contributed by atoms with Gasteiger partial charge in [0.25, 0.3) is 5.91 Å². The summed E-state index contributed by atoms with van der Waals surface area (Å²) in [6, 6.07) is 12.4. The van der Waals surface area contributed by atoms with Gasteiger partial charge in [0.15, 0.2) is 0 Å². The van der Waals surface area contributed by atoms with Crippen LogP contribution in [0, 0.1) is 0 Å². The van der Waals surface area contributed by atoms with Gasteiger partial charge in [-0.3, -0.25) is 19.6 Å². The molecule has 2 aromatic rings. The van der Waals surface area contributed by atoms with Crippen molar-refractivity contribution in [3.05, 3.63) is 59.7 Å². The number of carbonyl (C=O) groups is 4. The number of ether oxygens (including phenoxy) is 1. The number of anilines is 2. The summed E-state index contributed by atoms with van der Waals surface area (Å²) in [6.07, 6.45) is 0.651. The highest BCUT2D eigenvalue weighted by molar-refractivity contribution is 7.99. The SMILES string of the molecule is COC(=O)c1ccc(NC(=O)[C@H](CSCCCC(=O)NO)NC(=O)c2ccc(N(C)C)cc2)cc1. The first-order chi connectivity index (χ1) is 16.7. The molecule has 0 aliphatic heterocycles. The number of nitrogens with zero attached hydrogens (tertiary/aromatic N) is 1. The first kappa shape index (κ1) is 27.7. The lowest BCUT2D eigenvalue weighted by atomic mass is 10.1. The molecule has 0 saturated heterocycles. The Balaban J connectivity index is 2.06. The number of thioether (sulfide) groups is 1. The average Bonchev–Trinajstić information content (AvgIpc) is 2.87. The topological polar surface area (TPSA) is 137 Å². The minimum Gasteiger partial charge on any atom is -0.465 e. The summed E-state index contributed by atoms with van der Waals surface area (Å²) in [5, 5.41) is 14.1. The van der Waals surface area contributed by atoms with Crippen LogP contribution >= 0.6 is 11.8 Å². The van der Waals surface area contributed by atoms with Gasteiger partial charge >= 0.3 is 5.97 Å². The molecule has 0 heterocycles. The first-order valence-corrected chi connectivity index (χ1v) is 12.0. The van der Waals surface area contributed by atoms with Gasteiger partial charge in [0.1, 0.15) is 6.04 Å². The molecule has 188 valence electrons. The minimum absolute atomic E-state index is 0.150. The highest BCUT2D eigenvalue weighted by atomic mass is 32.2. The fourth-order valence-electron chi connectivity index (χ4n) is 2.96. The third-order valence-corrected chi connectivity index (χ3v) is 6.09. The maximum absolute atomic E-state index is 13.0. The van der Waals surface area contributed by atoms with Gasteiger partial charge in [-0.25, -0.2) is 10.3 Å². The van der Waals surface area contributed by atoms with Crippen LogP contribution in [0.2, 0.25) is 0 Å². The molecule has 4 N–H and O–H groups in total. The van der Waals surface area contributed by atoms with Gasteiger partial charge in [0, 0.05) is 43.2 Å². The number of amides is 3. The maximum Gasteiger partial charge on any atom is 0.337 e. The lowest BCUT2D eigenvalue weighted by Gasteiger charge is -2.19. The number of hydroxylamine groups is 1. The van der Waals surface area contributed by atoms with E-state index in [1.54, 1.807) is 29.7 Å². The molecule has 0 aromatic heterocycles. The summed E-state index contributed by atoms with van der Waals surface area (Å²) in [7, 11) is 5.08.